The molecule has 88 valence electrons. The van der Waals surface area contributed by atoms with Gasteiger partial charge in [-0.25, -0.2) is 9.97 Å². The molecule has 0 unspecified atom stereocenters. The molecule has 0 saturated carbocycles. The highest BCUT2D eigenvalue weighted by atomic mass is 16.1. The van der Waals surface area contributed by atoms with Crippen LogP contribution in [0.25, 0.3) is 0 Å². The number of carbonyl (C=O) groups excluding carboxylic acids is 1. The van der Waals surface area contributed by atoms with E-state index in [9.17, 15) is 4.79 Å². The first-order valence-electron chi connectivity index (χ1n) is 5.44. The third-order valence-electron chi connectivity index (χ3n) is 1.99. The number of amides is 1. The largest absolute Gasteiger partial charge is 0.356 e. The number of nitrogens with one attached hydrogen (secondary N) is 2. The molecule has 0 spiro atoms. The molecule has 0 saturated heterocycles. The first-order valence-corrected chi connectivity index (χ1v) is 5.44. The predicted octanol–water partition coefficient (Wildman–Crippen LogP) is 1.03. The molecular weight excluding hydrogens is 204 g/mol. The van der Waals surface area contributed by atoms with Crippen molar-refractivity contribution < 1.29 is 4.79 Å². The summed E-state index contributed by atoms with van der Waals surface area (Å²) in [7, 11) is 0. The van der Waals surface area contributed by atoms with Crippen LogP contribution in [-0.4, -0.2) is 29.0 Å². The minimum atomic E-state index is 0.0411. The van der Waals surface area contributed by atoms with E-state index in [4.69, 9.17) is 0 Å². The lowest BCUT2D eigenvalue weighted by atomic mass is 10.3. The van der Waals surface area contributed by atoms with Gasteiger partial charge in [-0.05, 0) is 26.8 Å². The molecule has 0 radical (unpaired) electrons. The zero-order chi connectivity index (χ0) is 12.0. The highest BCUT2D eigenvalue weighted by Gasteiger charge is 2.01. The fourth-order valence-electron chi connectivity index (χ4n) is 1.38. The van der Waals surface area contributed by atoms with Crippen LogP contribution >= 0.6 is 0 Å². The number of nitrogens with zero attached hydrogens (tertiary/aromatic N) is 2. The minimum absolute atomic E-state index is 0.0411. The highest BCUT2D eigenvalue weighted by Crippen LogP contribution is 2.03. The van der Waals surface area contributed by atoms with E-state index in [1.54, 1.807) is 0 Å². The van der Waals surface area contributed by atoms with Crippen molar-refractivity contribution in [3.63, 3.8) is 0 Å². The van der Waals surface area contributed by atoms with Gasteiger partial charge in [0.15, 0.2) is 0 Å². The maximum atomic E-state index is 11.2. The summed E-state index contributed by atoms with van der Waals surface area (Å²) in [6, 6.07) is 1.91. The molecule has 0 aliphatic rings. The summed E-state index contributed by atoms with van der Waals surface area (Å²) in [5.74, 6) is 0.626. The zero-order valence-corrected chi connectivity index (χ0v) is 10.0. The third-order valence-corrected chi connectivity index (χ3v) is 1.99. The van der Waals surface area contributed by atoms with E-state index in [1.165, 1.54) is 0 Å². The predicted molar refractivity (Wildman–Crippen MR) is 63.3 cm³/mol. The topological polar surface area (TPSA) is 66.9 Å². The van der Waals surface area contributed by atoms with Gasteiger partial charge in [-0.1, -0.05) is 0 Å². The van der Waals surface area contributed by atoms with E-state index >= 15 is 0 Å². The van der Waals surface area contributed by atoms with Gasteiger partial charge in [0, 0.05) is 30.9 Å². The minimum Gasteiger partial charge on any atom is -0.356 e. The Hall–Kier alpha value is -1.65. The highest BCUT2D eigenvalue weighted by molar-refractivity contribution is 5.76. The summed E-state index contributed by atoms with van der Waals surface area (Å²) < 4.78 is 0. The second-order valence-corrected chi connectivity index (χ2v) is 3.60. The average molecular weight is 222 g/mol. The lowest BCUT2D eigenvalue weighted by Gasteiger charge is -2.06. The molecule has 0 atom stereocenters. The maximum Gasteiger partial charge on any atom is 0.223 e. The molecule has 5 nitrogen and oxygen atoms in total. The Morgan fingerprint density at radius 3 is 2.50 bits per heavy atom. The Morgan fingerprint density at radius 1 is 1.31 bits per heavy atom. The van der Waals surface area contributed by atoms with Gasteiger partial charge >= 0.3 is 0 Å². The summed E-state index contributed by atoms with van der Waals surface area (Å²) in [4.78, 5) is 19.6. The maximum absolute atomic E-state index is 11.2. The van der Waals surface area contributed by atoms with Crippen LogP contribution in [0.15, 0.2) is 6.07 Å². The molecule has 2 N–H and O–H groups in total. The second kappa shape index (κ2) is 6.05. The molecule has 0 aliphatic heterocycles. The number of anilines is 1. The number of rotatable bonds is 5. The Labute approximate surface area is 95.7 Å². The van der Waals surface area contributed by atoms with Crippen molar-refractivity contribution in [3.05, 3.63) is 17.5 Å². The molecule has 16 heavy (non-hydrogen) atoms. The van der Waals surface area contributed by atoms with Crippen molar-refractivity contribution in [1.82, 2.24) is 15.3 Å². The quantitative estimate of drug-likeness (QED) is 0.781. The van der Waals surface area contributed by atoms with Gasteiger partial charge in [-0.3, -0.25) is 4.79 Å². The van der Waals surface area contributed by atoms with Crippen molar-refractivity contribution >= 4 is 11.9 Å². The van der Waals surface area contributed by atoms with Crippen LogP contribution in [0.1, 0.15) is 24.7 Å². The molecule has 1 heterocycles. The number of carbonyl (C=O) groups is 1. The van der Waals surface area contributed by atoms with Crippen molar-refractivity contribution in [2.45, 2.75) is 27.2 Å². The molecule has 0 aliphatic carbocycles. The Balaban J connectivity index is 2.40. The van der Waals surface area contributed by atoms with Crippen LogP contribution in [0, 0.1) is 13.8 Å². The van der Waals surface area contributed by atoms with E-state index in [1.807, 2.05) is 26.8 Å². The standard InChI is InChI=1S/C11H18N4O/c1-4-12-10(16)5-6-13-11-14-8(2)7-9(3)15-11/h7H,4-6H2,1-3H3,(H,12,16)(H,13,14,15). The molecule has 1 rings (SSSR count). The van der Waals surface area contributed by atoms with Crippen molar-refractivity contribution in [2.24, 2.45) is 0 Å². The van der Waals surface area contributed by atoms with E-state index in [0.717, 1.165) is 11.4 Å². The molecule has 0 fully saturated rings. The summed E-state index contributed by atoms with van der Waals surface area (Å²) >= 11 is 0. The smallest absolute Gasteiger partial charge is 0.223 e. The van der Waals surface area contributed by atoms with E-state index in [0.29, 0.717) is 25.5 Å². The Morgan fingerprint density at radius 2 is 1.94 bits per heavy atom. The summed E-state index contributed by atoms with van der Waals surface area (Å²) in [5.41, 5.74) is 1.85. The lowest BCUT2D eigenvalue weighted by molar-refractivity contribution is -0.120. The molecule has 0 bridgehead atoms. The number of hydrogen-bond acceptors (Lipinski definition) is 4. The molecule has 5 heteroatoms. The first kappa shape index (κ1) is 12.4. The van der Waals surface area contributed by atoms with Crippen LogP contribution in [0.2, 0.25) is 0 Å². The third kappa shape index (κ3) is 4.25. The molecule has 1 aromatic heterocycles. The van der Waals surface area contributed by atoms with Crippen LogP contribution in [-0.2, 0) is 4.79 Å². The van der Waals surface area contributed by atoms with E-state index in [2.05, 4.69) is 20.6 Å². The van der Waals surface area contributed by atoms with Gasteiger partial charge in [-0.15, -0.1) is 0 Å². The molecule has 0 aromatic carbocycles. The molecule has 1 amide bonds. The Bertz CT molecular complexity index is 345. The molecule has 1 aromatic rings. The number of aromatic nitrogens is 2. The van der Waals surface area contributed by atoms with Crippen molar-refractivity contribution in [2.75, 3.05) is 18.4 Å². The summed E-state index contributed by atoms with van der Waals surface area (Å²) in [6.07, 6.45) is 0.435. The van der Waals surface area contributed by atoms with Gasteiger partial charge in [0.2, 0.25) is 11.9 Å². The summed E-state index contributed by atoms with van der Waals surface area (Å²) in [6.45, 7) is 6.96. The fraction of sp³-hybridized carbons (Fsp3) is 0.545. The second-order valence-electron chi connectivity index (χ2n) is 3.60. The SMILES string of the molecule is CCNC(=O)CCNc1nc(C)cc(C)n1. The van der Waals surface area contributed by atoms with Crippen molar-refractivity contribution in [1.29, 1.82) is 0 Å². The van der Waals surface area contributed by atoms with Gasteiger partial charge in [0.25, 0.3) is 0 Å². The monoisotopic (exact) mass is 222 g/mol. The summed E-state index contributed by atoms with van der Waals surface area (Å²) in [5, 5.41) is 5.77. The molecular formula is C11H18N4O. The number of aryl methyl sites for hydroxylation is 2. The number of hydrogen-bond donors (Lipinski definition) is 2. The average Bonchev–Trinajstić information content (AvgIpc) is 2.16. The Kier molecular flexibility index (Phi) is 4.69. The van der Waals surface area contributed by atoms with Gasteiger partial charge in [0.1, 0.15) is 0 Å². The van der Waals surface area contributed by atoms with Crippen LogP contribution < -0.4 is 10.6 Å². The zero-order valence-electron chi connectivity index (χ0n) is 10.0. The van der Waals surface area contributed by atoms with Crippen LogP contribution in [0.5, 0.6) is 0 Å². The van der Waals surface area contributed by atoms with Crippen molar-refractivity contribution in [3.8, 4) is 0 Å². The van der Waals surface area contributed by atoms with Crippen LogP contribution in [0.4, 0.5) is 5.95 Å². The van der Waals surface area contributed by atoms with Gasteiger partial charge < -0.3 is 10.6 Å². The van der Waals surface area contributed by atoms with E-state index in [-0.39, 0.29) is 5.91 Å². The lowest BCUT2D eigenvalue weighted by Crippen LogP contribution is -2.25. The first-order chi connectivity index (χ1) is 7.61. The van der Waals surface area contributed by atoms with Gasteiger partial charge in [0.05, 0.1) is 0 Å². The van der Waals surface area contributed by atoms with Crippen LogP contribution in [0.3, 0.4) is 0 Å². The van der Waals surface area contributed by atoms with E-state index < -0.39 is 0 Å². The van der Waals surface area contributed by atoms with Gasteiger partial charge in [-0.2, -0.15) is 0 Å². The normalized spacial score (nSPS) is 9.94. The fourth-order valence-corrected chi connectivity index (χ4v) is 1.38.